The first kappa shape index (κ1) is 30.6. The van der Waals surface area contributed by atoms with E-state index in [1.807, 2.05) is 13.8 Å². The molecule has 0 atom stereocenters. The van der Waals surface area contributed by atoms with E-state index in [4.69, 9.17) is 0 Å². The molecule has 8 nitrogen and oxygen atoms in total. The topological polar surface area (TPSA) is 133 Å². The van der Waals surface area contributed by atoms with Crippen molar-refractivity contribution in [2.75, 3.05) is 13.2 Å². The van der Waals surface area contributed by atoms with E-state index in [-0.39, 0.29) is 45.5 Å². The van der Waals surface area contributed by atoms with E-state index in [0.29, 0.717) is 25.4 Å². The van der Waals surface area contributed by atoms with Gasteiger partial charge in [0.25, 0.3) is 0 Å². The molecule has 0 saturated carbocycles. The molecule has 0 heterocycles. The smallest absolute Gasteiger partial charge is 0.545 e. The van der Waals surface area contributed by atoms with Crippen LogP contribution in [0, 0.1) is 0 Å². The van der Waals surface area contributed by atoms with Gasteiger partial charge in [-0.05, 0) is 25.0 Å². The number of carbonyl (C=O) groups excluding carboxylic acids is 4. The van der Waals surface area contributed by atoms with Crippen LogP contribution in [0.4, 0.5) is 0 Å². The Balaban J connectivity index is -0.000000411. The maximum absolute atomic E-state index is 10.7. The number of ether oxygens (including phenoxy) is 2. The summed E-state index contributed by atoms with van der Waals surface area (Å²) in [6.07, 6.45) is 8.71. The van der Waals surface area contributed by atoms with Crippen molar-refractivity contribution >= 4 is 69.4 Å². The third-order valence-electron chi connectivity index (χ3n) is 2.70. The van der Waals surface area contributed by atoms with Crippen LogP contribution in [0.1, 0.15) is 52.4 Å². The molecule has 0 aliphatic heterocycles. The molecule has 0 rings (SSSR count). The number of aliphatic carboxylic acids is 2. The summed E-state index contributed by atoms with van der Waals surface area (Å²) in [5.41, 5.74) is 0. The van der Waals surface area contributed by atoms with Gasteiger partial charge < -0.3 is 29.3 Å². The van der Waals surface area contributed by atoms with Crippen molar-refractivity contribution in [3.05, 3.63) is 24.3 Å². The normalized spacial score (nSPS) is 9.85. The molecule has 0 aromatic carbocycles. The number of rotatable bonds is 12. The zero-order valence-electron chi connectivity index (χ0n) is 15.9. The molecular weight excluding hydrogens is 432 g/mol. The van der Waals surface area contributed by atoms with E-state index in [0.717, 1.165) is 50.7 Å². The molecule has 0 aliphatic carbocycles. The monoisotopic (exact) mass is 458 g/mol. The third kappa shape index (κ3) is 29.8. The van der Waals surface area contributed by atoms with Gasteiger partial charge in [0.05, 0.1) is 25.2 Å². The SMILES string of the molecule is CCCCCOC(=O)/C=C/C(=O)[O-].CCCCCOC(=O)/C=C/C(=O)[O-].[Sr+2]. The zero-order valence-corrected chi connectivity index (χ0v) is 19.4. The van der Waals surface area contributed by atoms with E-state index in [1.165, 1.54) is 0 Å². The van der Waals surface area contributed by atoms with Crippen LogP contribution in [0.25, 0.3) is 0 Å². The maximum Gasteiger partial charge on any atom is 2.00 e. The first-order valence-electron chi connectivity index (χ1n) is 8.45. The van der Waals surface area contributed by atoms with Crippen LogP contribution in [0.5, 0.6) is 0 Å². The van der Waals surface area contributed by atoms with Crippen LogP contribution in [-0.4, -0.2) is 82.6 Å². The molecule has 0 aliphatic rings. The van der Waals surface area contributed by atoms with Gasteiger partial charge in [-0.25, -0.2) is 9.59 Å². The predicted molar refractivity (Wildman–Crippen MR) is 95.0 cm³/mol. The molecule has 0 aromatic rings. The minimum Gasteiger partial charge on any atom is -0.545 e. The van der Waals surface area contributed by atoms with Crippen LogP contribution in [0.2, 0.25) is 0 Å². The Morgan fingerprint density at radius 3 is 1.26 bits per heavy atom. The zero-order chi connectivity index (χ0) is 20.2. The van der Waals surface area contributed by atoms with Crippen molar-refractivity contribution < 1.29 is 38.9 Å². The van der Waals surface area contributed by atoms with Crippen molar-refractivity contribution in [3.63, 3.8) is 0 Å². The fraction of sp³-hybridized carbons (Fsp3) is 0.556. The molecule has 9 heteroatoms. The van der Waals surface area contributed by atoms with E-state index in [9.17, 15) is 29.4 Å². The average Bonchev–Trinajstić information content (AvgIpc) is 2.59. The third-order valence-corrected chi connectivity index (χ3v) is 2.70. The molecule has 0 spiro atoms. The van der Waals surface area contributed by atoms with Gasteiger partial charge in [-0.15, -0.1) is 0 Å². The quantitative estimate of drug-likeness (QED) is 0.168. The number of carbonyl (C=O) groups is 4. The van der Waals surface area contributed by atoms with Gasteiger partial charge in [0, 0.05) is 12.2 Å². The molecule has 0 aromatic heterocycles. The van der Waals surface area contributed by atoms with Crippen molar-refractivity contribution in [1.29, 1.82) is 0 Å². The number of unbranched alkanes of at least 4 members (excludes halogenated alkanes) is 4. The fourth-order valence-corrected chi connectivity index (χ4v) is 1.42. The van der Waals surface area contributed by atoms with Gasteiger partial charge in [-0.1, -0.05) is 39.5 Å². The van der Waals surface area contributed by atoms with Gasteiger partial charge in [0.2, 0.25) is 0 Å². The molecule has 148 valence electrons. The van der Waals surface area contributed by atoms with Gasteiger partial charge >= 0.3 is 57.4 Å². The van der Waals surface area contributed by atoms with Crippen molar-refractivity contribution in [2.45, 2.75) is 52.4 Å². The van der Waals surface area contributed by atoms with Crippen LogP contribution in [0.3, 0.4) is 0 Å². The van der Waals surface area contributed by atoms with E-state index in [2.05, 4.69) is 9.47 Å². The van der Waals surface area contributed by atoms with E-state index in [1.54, 1.807) is 0 Å². The maximum atomic E-state index is 10.7. The van der Waals surface area contributed by atoms with E-state index < -0.39 is 23.9 Å². The summed E-state index contributed by atoms with van der Waals surface area (Å²) in [5, 5.41) is 19.7. The number of carboxylic acids is 2. The predicted octanol–water partition coefficient (Wildman–Crippen LogP) is -0.329. The van der Waals surface area contributed by atoms with Gasteiger partial charge in [0.15, 0.2) is 0 Å². The van der Waals surface area contributed by atoms with E-state index >= 15 is 0 Å². The second-order valence-electron chi connectivity index (χ2n) is 5.05. The Morgan fingerprint density at radius 1 is 0.667 bits per heavy atom. The molecule has 0 fully saturated rings. The van der Waals surface area contributed by atoms with Gasteiger partial charge in [-0.3, -0.25) is 0 Å². The summed E-state index contributed by atoms with van der Waals surface area (Å²) >= 11 is 0. The molecule has 0 bridgehead atoms. The van der Waals surface area contributed by atoms with Crippen molar-refractivity contribution in [2.24, 2.45) is 0 Å². The number of hydrogen-bond donors (Lipinski definition) is 0. The summed E-state index contributed by atoms with van der Waals surface area (Å²) < 4.78 is 9.36. The standard InChI is InChI=1S/2C9H14O4.Sr/c2*1-2-3-4-7-13-9(12)6-5-8(10)11;/h2*5-6H,2-4,7H2,1H3,(H,10,11);/q;;+2/p-2/b2*6-5+;. The number of esters is 2. The Morgan fingerprint density at radius 2 is 1.00 bits per heavy atom. The molecule has 0 unspecified atom stereocenters. The molecule has 0 N–H and O–H groups in total. The Bertz CT molecular complexity index is 442. The minimum absolute atomic E-state index is 0. The van der Waals surface area contributed by atoms with Crippen molar-refractivity contribution in [3.8, 4) is 0 Å². The Kier molecular flexibility index (Phi) is 25.9. The summed E-state index contributed by atoms with van der Waals surface area (Å²) in [6.45, 7) is 4.75. The van der Waals surface area contributed by atoms with Crippen LogP contribution in [-0.2, 0) is 28.7 Å². The molecule has 0 radical (unpaired) electrons. The summed E-state index contributed by atoms with van der Waals surface area (Å²) in [5.74, 6) is -4.07. The summed E-state index contributed by atoms with van der Waals surface area (Å²) in [7, 11) is 0. The van der Waals surface area contributed by atoms with Crippen LogP contribution < -0.4 is 10.2 Å². The Labute approximate surface area is 196 Å². The van der Waals surface area contributed by atoms with Gasteiger partial charge in [0.1, 0.15) is 0 Å². The summed E-state index contributed by atoms with van der Waals surface area (Å²) in [4.78, 5) is 41.2. The number of hydrogen-bond acceptors (Lipinski definition) is 8. The number of carboxylic acid groups (broad SMARTS) is 2. The Hall–Kier alpha value is -1.16. The second kappa shape index (κ2) is 22.9. The van der Waals surface area contributed by atoms with Crippen LogP contribution >= 0.6 is 0 Å². The fourth-order valence-electron chi connectivity index (χ4n) is 1.42. The first-order valence-corrected chi connectivity index (χ1v) is 8.45. The van der Waals surface area contributed by atoms with Crippen molar-refractivity contribution in [1.82, 2.24) is 0 Å². The largest absolute Gasteiger partial charge is 2.00 e. The van der Waals surface area contributed by atoms with Gasteiger partial charge in [-0.2, -0.15) is 0 Å². The van der Waals surface area contributed by atoms with Crippen LogP contribution in [0.15, 0.2) is 24.3 Å². The molecular formula is C18H26O8Sr. The molecule has 0 amide bonds. The summed E-state index contributed by atoms with van der Waals surface area (Å²) in [6, 6.07) is 0. The first-order chi connectivity index (χ1) is 12.3. The second-order valence-corrected chi connectivity index (χ2v) is 5.05. The average molecular weight is 458 g/mol. The molecule has 27 heavy (non-hydrogen) atoms. The minimum atomic E-state index is -1.40. The molecule has 0 saturated heterocycles.